The second-order valence-electron chi connectivity index (χ2n) is 10.0. The van der Waals surface area contributed by atoms with E-state index in [1.807, 2.05) is 30.5 Å². The van der Waals surface area contributed by atoms with E-state index in [2.05, 4.69) is 57.4 Å². The van der Waals surface area contributed by atoms with Gasteiger partial charge in [0.15, 0.2) is 17.4 Å². The number of carbonyl (C=O) groups is 1. The van der Waals surface area contributed by atoms with E-state index in [9.17, 15) is 4.79 Å². The summed E-state index contributed by atoms with van der Waals surface area (Å²) in [5, 5.41) is 28.2. The van der Waals surface area contributed by atoms with Crippen molar-refractivity contribution in [2.45, 2.75) is 32.7 Å². The number of thiazole rings is 1. The Balaban J connectivity index is 1.34. The van der Waals surface area contributed by atoms with E-state index in [0.717, 1.165) is 49.5 Å². The lowest BCUT2D eigenvalue weighted by Crippen LogP contribution is -2.11. The molecule has 192 valence electrons. The average Bonchev–Trinajstić information content (AvgIpc) is 3.67. The Bertz CT molecular complexity index is 1770. The first-order valence-electron chi connectivity index (χ1n) is 11.9. The predicted octanol–water partition coefficient (Wildman–Crippen LogP) is 5.50. The van der Waals surface area contributed by atoms with Crippen molar-refractivity contribution in [2.24, 2.45) is 0 Å². The number of aliphatic carboxylic acids is 1. The van der Waals surface area contributed by atoms with Crippen LogP contribution in [-0.4, -0.2) is 47.9 Å². The highest BCUT2D eigenvalue weighted by molar-refractivity contribution is 7.13. The number of rotatable bonds is 7. The fourth-order valence-corrected chi connectivity index (χ4v) is 5.32. The van der Waals surface area contributed by atoms with Crippen molar-refractivity contribution in [3.8, 4) is 27.9 Å². The molecule has 0 aliphatic carbocycles. The van der Waals surface area contributed by atoms with Gasteiger partial charge in [0.25, 0.3) is 0 Å². The molecule has 2 aromatic carbocycles. The molecule has 4 aromatic heterocycles. The van der Waals surface area contributed by atoms with Crippen LogP contribution in [0, 0.1) is 0 Å². The third-order valence-electron chi connectivity index (χ3n) is 6.22. The third kappa shape index (κ3) is 4.52. The van der Waals surface area contributed by atoms with Crippen molar-refractivity contribution in [2.75, 3.05) is 6.61 Å². The number of nitrogens with one attached hydrogen (secondary N) is 1. The Labute approximate surface area is 220 Å². The minimum atomic E-state index is -1.04. The number of fused-ring (bicyclic) bond motifs is 2. The number of carboxylic acid groups (broad SMARTS) is 1. The second-order valence-corrected chi connectivity index (χ2v) is 10.9. The molecule has 0 radical (unpaired) electrons. The fraction of sp³-hybridized carbons (Fsp3) is 0.222. The highest BCUT2D eigenvalue weighted by atomic mass is 32.1. The molecule has 10 nitrogen and oxygen atoms in total. The molecule has 0 amide bonds. The first kappa shape index (κ1) is 23.9. The monoisotopic (exact) mass is 528 g/mol. The van der Waals surface area contributed by atoms with Gasteiger partial charge in [-0.25, -0.2) is 9.78 Å². The Morgan fingerprint density at radius 1 is 1.18 bits per heavy atom. The van der Waals surface area contributed by atoms with Crippen molar-refractivity contribution in [1.29, 1.82) is 0 Å². The van der Waals surface area contributed by atoms with Gasteiger partial charge < -0.3 is 18.8 Å². The number of aromatic amines is 1. The van der Waals surface area contributed by atoms with Crippen molar-refractivity contribution in [3.63, 3.8) is 0 Å². The number of carboxylic acids is 1. The van der Waals surface area contributed by atoms with Crippen LogP contribution >= 0.6 is 11.3 Å². The van der Waals surface area contributed by atoms with Crippen LogP contribution in [0.25, 0.3) is 44.0 Å². The lowest BCUT2D eigenvalue weighted by atomic mass is 9.93. The lowest BCUT2D eigenvalue weighted by Gasteiger charge is -2.13. The van der Waals surface area contributed by atoms with Gasteiger partial charge in [-0.15, -0.1) is 21.5 Å². The predicted molar refractivity (Wildman–Crippen MR) is 143 cm³/mol. The Hall–Kier alpha value is -4.51. The number of hydrogen-bond donors (Lipinski definition) is 2. The van der Waals surface area contributed by atoms with Gasteiger partial charge in [0, 0.05) is 45.4 Å². The summed E-state index contributed by atoms with van der Waals surface area (Å²) in [4.78, 5) is 15.7. The summed E-state index contributed by atoms with van der Waals surface area (Å²) in [6.45, 7) is 6.61. The first-order valence-corrected chi connectivity index (χ1v) is 12.8. The maximum Gasteiger partial charge on any atom is 0.341 e. The number of aromatic nitrogens is 6. The maximum atomic E-state index is 10.9. The molecular weight excluding hydrogens is 504 g/mol. The second kappa shape index (κ2) is 9.10. The van der Waals surface area contributed by atoms with Crippen LogP contribution in [0.3, 0.4) is 0 Å². The van der Waals surface area contributed by atoms with E-state index in [1.54, 1.807) is 23.5 Å². The summed E-state index contributed by atoms with van der Waals surface area (Å²) in [7, 11) is 0. The minimum absolute atomic E-state index is 0.0169. The quantitative estimate of drug-likeness (QED) is 0.278. The van der Waals surface area contributed by atoms with Crippen LogP contribution in [0.1, 0.15) is 32.0 Å². The van der Waals surface area contributed by atoms with E-state index >= 15 is 0 Å². The van der Waals surface area contributed by atoms with Gasteiger partial charge in [-0.05, 0) is 47.2 Å². The summed E-state index contributed by atoms with van der Waals surface area (Å²) in [6.07, 6.45) is 1.96. The highest BCUT2D eigenvalue weighted by Gasteiger charge is 2.20. The smallest absolute Gasteiger partial charge is 0.341 e. The zero-order valence-electron chi connectivity index (χ0n) is 20.9. The van der Waals surface area contributed by atoms with Gasteiger partial charge in [0.05, 0.1) is 5.69 Å². The summed E-state index contributed by atoms with van der Waals surface area (Å²) in [5.41, 5.74) is 4.62. The molecule has 0 aliphatic rings. The molecule has 0 saturated heterocycles. The van der Waals surface area contributed by atoms with E-state index in [1.165, 1.54) is 0 Å². The van der Waals surface area contributed by atoms with Crippen LogP contribution in [-0.2, 0) is 16.8 Å². The van der Waals surface area contributed by atoms with Crippen molar-refractivity contribution >= 4 is 39.2 Å². The van der Waals surface area contributed by atoms with Crippen molar-refractivity contribution in [3.05, 3.63) is 65.3 Å². The standard InChI is InChI=1S/C27H24N6O4S/c1-27(2,3)23-14-38-26(28-23)22-9-16-8-15(4-7-21(16)37-22)11-33-12-19(25-29-31-32-30-25)18-10-17(5-6-20(18)33)36-13-24(34)35/h4-10,12,14H,11,13H2,1-3H3,(H,34,35)(H,29,30,31,32). The van der Waals surface area contributed by atoms with E-state index < -0.39 is 12.6 Å². The summed E-state index contributed by atoms with van der Waals surface area (Å²) in [6, 6.07) is 13.6. The molecule has 0 saturated carbocycles. The maximum absolute atomic E-state index is 10.9. The number of H-pyrrole nitrogens is 1. The molecule has 0 unspecified atom stereocenters. The Morgan fingerprint density at radius 2 is 2.05 bits per heavy atom. The van der Waals surface area contributed by atoms with Crippen LogP contribution in [0.15, 0.2) is 58.5 Å². The molecule has 0 atom stereocenters. The van der Waals surface area contributed by atoms with Crippen molar-refractivity contribution < 1.29 is 19.1 Å². The normalized spacial score (nSPS) is 12.0. The number of hydrogen-bond acceptors (Lipinski definition) is 8. The van der Waals surface area contributed by atoms with Crippen LogP contribution in [0.4, 0.5) is 0 Å². The topological polar surface area (TPSA) is 132 Å². The van der Waals surface area contributed by atoms with Gasteiger partial charge in [0.1, 0.15) is 11.3 Å². The Morgan fingerprint density at radius 3 is 2.79 bits per heavy atom. The molecule has 4 heterocycles. The zero-order valence-corrected chi connectivity index (χ0v) is 21.7. The molecule has 6 aromatic rings. The number of ether oxygens (including phenoxy) is 1. The van der Waals surface area contributed by atoms with Crippen LogP contribution in [0.2, 0.25) is 0 Å². The van der Waals surface area contributed by atoms with Gasteiger partial charge in [-0.3, -0.25) is 0 Å². The SMILES string of the molecule is CC(C)(C)c1csc(-c2cc3cc(Cn4cc(-c5nn[nH]n5)c5cc(OCC(=O)O)ccc54)ccc3o2)n1. The summed E-state index contributed by atoms with van der Waals surface area (Å²) < 4.78 is 13.6. The van der Waals surface area contributed by atoms with Crippen LogP contribution in [0.5, 0.6) is 5.75 Å². The first-order chi connectivity index (χ1) is 18.2. The van der Waals surface area contributed by atoms with E-state index in [-0.39, 0.29) is 5.41 Å². The molecule has 0 spiro atoms. The van der Waals surface area contributed by atoms with Gasteiger partial charge in [0.2, 0.25) is 5.82 Å². The fourth-order valence-electron chi connectivity index (χ4n) is 4.32. The molecule has 6 rings (SSSR count). The molecule has 11 heteroatoms. The highest BCUT2D eigenvalue weighted by Crippen LogP contribution is 2.35. The summed E-state index contributed by atoms with van der Waals surface area (Å²) in [5.74, 6) is 0.615. The van der Waals surface area contributed by atoms with Crippen molar-refractivity contribution in [1.82, 2.24) is 30.2 Å². The zero-order chi connectivity index (χ0) is 26.4. The lowest BCUT2D eigenvalue weighted by molar-refractivity contribution is -0.139. The Kier molecular flexibility index (Phi) is 5.72. The summed E-state index contributed by atoms with van der Waals surface area (Å²) >= 11 is 1.59. The minimum Gasteiger partial charge on any atom is -0.482 e. The number of benzene rings is 2. The average molecular weight is 529 g/mol. The molecule has 0 bridgehead atoms. The molecule has 0 aliphatic heterocycles. The molecular formula is C27H24N6O4S. The number of tetrazole rings is 1. The van der Waals surface area contributed by atoms with E-state index in [4.69, 9.17) is 19.2 Å². The van der Waals surface area contributed by atoms with E-state index in [0.29, 0.717) is 18.1 Å². The molecule has 2 N–H and O–H groups in total. The van der Waals surface area contributed by atoms with Crippen LogP contribution < -0.4 is 4.74 Å². The number of furan rings is 1. The molecule has 0 fully saturated rings. The van der Waals surface area contributed by atoms with Gasteiger partial charge in [-0.2, -0.15) is 5.21 Å². The van der Waals surface area contributed by atoms with Gasteiger partial charge >= 0.3 is 5.97 Å². The van der Waals surface area contributed by atoms with Gasteiger partial charge in [-0.1, -0.05) is 26.8 Å². The largest absolute Gasteiger partial charge is 0.482 e. The third-order valence-corrected chi connectivity index (χ3v) is 7.07. The molecule has 38 heavy (non-hydrogen) atoms. The number of nitrogens with zero attached hydrogens (tertiary/aromatic N) is 5.